The molecule has 0 bridgehead atoms. The van der Waals surface area contributed by atoms with Gasteiger partial charge < -0.3 is 10.1 Å². The van der Waals surface area contributed by atoms with Gasteiger partial charge in [0.2, 0.25) is 0 Å². The van der Waals surface area contributed by atoms with Gasteiger partial charge >= 0.3 is 0 Å². The maximum Gasteiger partial charge on any atom is 0.175 e. The van der Waals surface area contributed by atoms with E-state index in [0.717, 1.165) is 32.2 Å². The number of benzene rings is 1. The van der Waals surface area contributed by atoms with E-state index < -0.39 is 11.2 Å². The molecule has 0 radical (unpaired) electrons. The molecule has 1 N–H and O–H groups in total. The molecule has 3 nitrogen and oxygen atoms in total. The number of carbonyl (C=O) groups is 1. The Balaban J connectivity index is 2.37. The fourth-order valence-corrected chi connectivity index (χ4v) is 3.10. The average Bonchev–Trinajstić information content (AvgIpc) is 2.48. The minimum atomic E-state index is -0.541. The van der Waals surface area contributed by atoms with Crippen LogP contribution in [0, 0.1) is 11.2 Å². The molecule has 110 valence electrons. The highest BCUT2D eigenvalue weighted by atomic mass is 19.1. The SMILES string of the molecule is CCCC1(C(=O)c2cccc(OC)c2F)CCCNC1. The monoisotopic (exact) mass is 279 g/mol. The average molecular weight is 279 g/mol. The van der Waals surface area contributed by atoms with Crippen LogP contribution in [0.4, 0.5) is 4.39 Å². The van der Waals surface area contributed by atoms with Crippen molar-refractivity contribution in [2.24, 2.45) is 5.41 Å². The molecule has 4 heteroatoms. The van der Waals surface area contributed by atoms with Gasteiger partial charge in [-0.25, -0.2) is 4.39 Å². The molecule has 2 rings (SSSR count). The highest BCUT2D eigenvalue weighted by molar-refractivity contribution is 6.01. The zero-order valence-electron chi connectivity index (χ0n) is 12.2. The summed E-state index contributed by atoms with van der Waals surface area (Å²) >= 11 is 0. The van der Waals surface area contributed by atoms with Gasteiger partial charge in [0.05, 0.1) is 12.7 Å². The third-order valence-corrected chi connectivity index (χ3v) is 4.11. The molecule has 1 aromatic rings. The van der Waals surface area contributed by atoms with Crippen molar-refractivity contribution in [3.05, 3.63) is 29.6 Å². The van der Waals surface area contributed by atoms with Gasteiger partial charge in [-0.15, -0.1) is 0 Å². The molecule has 1 fully saturated rings. The Morgan fingerprint density at radius 3 is 2.90 bits per heavy atom. The number of carbonyl (C=O) groups excluding carboxylic acids is 1. The molecule has 1 unspecified atom stereocenters. The molecule has 1 aliphatic rings. The zero-order chi connectivity index (χ0) is 14.6. The Morgan fingerprint density at radius 1 is 1.50 bits per heavy atom. The van der Waals surface area contributed by atoms with Crippen LogP contribution in [0.3, 0.4) is 0 Å². The van der Waals surface area contributed by atoms with Crippen LogP contribution in [-0.2, 0) is 0 Å². The number of methoxy groups -OCH3 is 1. The summed E-state index contributed by atoms with van der Waals surface area (Å²) in [6.07, 6.45) is 3.48. The predicted molar refractivity (Wildman–Crippen MR) is 76.7 cm³/mol. The Kier molecular flexibility index (Phi) is 4.76. The third kappa shape index (κ3) is 2.70. The lowest BCUT2D eigenvalue weighted by molar-refractivity contribution is 0.0712. The topological polar surface area (TPSA) is 38.3 Å². The van der Waals surface area contributed by atoms with Gasteiger partial charge in [-0.05, 0) is 37.9 Å². The van der Waals surface area contributed by atoms with E-state index in [1.165, 1.54) is 13.2 Å². The fraction of sp³-hybridized carbons (Fsp3) is 0.562. The highest BCUT2D eigenvalue weighted by Gasteiger charge is 2.40. The van der Waals surface area contributed by atoms with E-state index in [1.807, 2.05) is 0 Å². The lowest BCUT2D eigenvalue weighted by atomic mass is 9.71. The van der Waals surface area contributed by atoms with Crippen LogP contribution in [-0.4, -0.2) is 26.0 Å². The molecule has 1 saturated heterocycles. The predicted octanol–water partition coefficient (Wildman–Crippen LogP) is 3.19. The fourth-order valence-electron chi connectivity index (χ4n) is 3.10. The number of piperidine rings is 1. The van der Waals surface area contributed by atoms with Gasteiger partial charge in [-0.2, -0.15) is 0 Å². The lowest BCUT2D eigenvalue weighted by Gasteiger charge is -2.36. The van der Waals surface area contributed by atoms with E-state index >= 15 is 0 Å². The summed E-state index contributed by atoms with van der Waals surface area (Å²) in [4.78, 5) is 12.9. The van der Waals surface area contributed by atoms with Crippen molar-refractivity contribution in [2.45, 2.75) is 32.6 Å². The van der Waals surface area contributed by atoms with Crippen molar-refractivity contribution in [2.75, 3.05) is 20.2 Å². The number of rotatable bonds is 5. The Hall–Kier alpha value is -1.42. The Bertz CT molecular complexity index is 476. The first-order valence-electron chi connectivity index (χ1n) is 7.22. The van der Waals surface area contributed by atoms with Crippen LogP contribution in [0.1, 0.15) is 43.0 Å². The van der Waals surface area contributed by atoms with E-state index in [1.54, 1.807) is 12.1 Å². The standard InChI is InChI=1S/C16H22FNO2/c1-3-8-16(9-5-10-18-11-16)15(19)12-6-4-7-13(20-2)14(12)17/h4,6-7,18H,3,5,8-11H2,1-2H3. The number of ether oxygens (including phenoxy) is 1. The molecule has 0 amide bonds. The molecule has 0 aromatic heterocycles. The molecule has 0 saturated carbocycles. The van der Waals surface area contributed by atoms with Gasteiger partial charge in [0, 0.05) is 12.0 Å². The van der Waals surface area contributed by atoms with Crippen LogP contribution in [0.5, 0.6) is 5.75 Å². The molecule has 20 heavy (non-hydrogen) atoms. The zero-order valence-corrected chi connectivity index (χ0v) is 12.2. The largest absolute Gasteiger partial charge is 0.494 e. The van der Waals surface area contributed by atoms with Crippen LogP contribution in [0.2, 0.25) is 0 Å². The van der Waals surface area contributed by atoms with Gasteiger partial charge in [0.1, 0.15) is 0 Å². The summed E-state index contributed by atoms with van der Waals surface area (Å²) < 4.78 is 19.3. The summed E-state index contributed by atoms with van der Waals surface area (Å²) in [5, 5.41) is 3.28. The maximum absolute atomic E-state index is 14.3. The number of nitrogens with one attached hydrogen (secondary N) is 1. The van der Waals surface area contributed by atoms with Crippen molar-refractivity contribution in [1.82, 2.24) is 5.32 Å². The van der Waals surface area contributed by atoms with Gasteiger partial charge in [-0.1, -0.05) is 19.4 Å². The maximum atomic E-state index is 14.3. The van der Waals surface area contributed by atoms with Crippen molar-refractivity contribution >= 4 is 5.78 Å². The van der Waals surface area contributed by atoms with Crippen LogP contribution in [0.25, 0.3) is 0 Å². The summed E-state index contributed by atoms with van der Waals surface area (Å²) in [6.45, 7) is 3.63. The van der Waals surface area contributed by atoms with Gasteiger partial charge in [0.25, 0.3) is 0 Å². The summed E-state index contributed by atoms with van der Waals surface area (Å²) in [7, 11) is 1.41. The number of Topliss-reactive ketones (excluding diaryl/α,β-unsaturated/α-hetero) is 1. The smallest absolute Gasteiger partial charge is 0.175 e. The summed E-state index contributed by atoms with van der Waals surface area (Å²) in [6, 6.07) is 4.77. The Labute approximate surface area is 119 Å². The first kappa shape index (κ1) is 15.0. The first-order valence-corrected chi connectivity index (χ1v) is 7.22. The molecule has 1 aromatic carbocycles. The minimum Gasteiger partial charge on any atom is -0.494 e. The van der Waals surface area contributed by atoms with Crippen molar-refractivity contribution in [3.8, 4) is 5.75 Å². The molecular formula is C16H22FNO2. The van der Waals surface area contributed by atoms with E-state index in [9.17, 15) is 9.18 Å². The second kappa shape index (κ2) is 6.35. The summed E-state index contributed by atoms with van der Waals surface area (Å²) in [5.74, 6) is -0.504. The lowest BCUT2D eigenvalue weighted by Crippen LogP contribution is -2.45. The molecule has 0 aliphatic carbocycles. The van der Waals surface area contributed by atoms with Crippen molar-refractivity contribution < 1.29 is 13.9 Å². The number of ketones is 1. The third-order valence-electron chi connectivity index (χ3n) is 4.11. The van der Waals surface area contributed by atoms with E-state index in [-0.39, 0.29) is 17.1 Å². The quantitative estimate of drug-likeness (QED) is 0.841. The number of hydrogen-bond acceptors (Lipinski definition) is 3. The normalized spacial score (nSPS) is 22.6. The van der Waals surface area contributed by atoms with Crippen LogP contribution in [0.15, 0.2) is 18.2 Å². The minimum absolute atomic E-state index is 0.0945. The van der Waals surface area contributed by atoms with E-state index in [4.69, 9.17) is 4.74 Å². The second-order valence-electron chi connectivity index (χ2n) is 5.46. The molecular weight excluding hydrogens is 257 g/mol. The molecule has 1 aliphatic heterocycles. The second-order valence-corrected chi connectivity index (χ2v) is 5.46. The molecule has 1 atom stereocenters. The van der Waals surface area contributed by atoms with Gasteiger partial charge in [-0.3, -0.25) is 4.79 Å². The van der Waals surface area contributed by atoms with Crippen molar-refractivity contribution in [1.29, 1.82) is 0 Å². The van der Waals surface area contributed by atoms with Crippen LogP contribution >= 0.6 is 0 Å². The number of hydrogen-bond donors (Lipinski definition) is 1. The highest BCUT2D eigenvalue weighted by Crippen LogP contribution is 2.37. The first-order chi connectivity index (χ1) is 9.64. The van der Waals surface area contributed by atoms with E-state index in [2.05, 4.69) is 12.2 Å². The number of halogens is 1. The van der Waals surface area contributed by atoms with Gasteiger partial charge in [0.15, 0.2) is 17.3 Å². The molecule has 1 heterocycles. The van der Waals surface area contributed by atoms with E-state index in [0.29, 0.717) is 6.54 Å². The van der Waals surface area contributed by atoms with Crippen LogP contribution < -0.4 is 10.1 Å². The molecule has 0 spiro atoms. The van der Waals surface area contributed by atoms with Crippen molar-refractivity contribution in [3.63, 3.8) is 0 Å². The Morgan fingerprint density at radius 2 is 2.30 bits per heavy atom. The summed E-state index contributed by atoms with van der Waals surface area (Å²) in [5.41, 5.74) is -0.318.